The number of nitrogens with zero attached hydrogens (tertiary/aromatic N) is 5. The second-order valence-corrected chi connectivity index (χ2v) is 7.10. The number of rotatable bonds is 4. The molecule has 0 aromatic carbocycles. The normalized spacial score (nSPS) is 23.9. The molecule has 2 fully saturated rings. The van der Waals surface area contributed by atoms with Crippen LogP contribution in [0.25, 0.3) is 5.65 Å². The molecule has 7 heteroatoms. The summed E-state index contributed by atoms with van der Waals surface area (Å²) in [5, 5.41) is 12.0. The molecule has 1 atom stereocenters. The van der Waals surface area contributed by atoms with Crippen LogP contribution in [-0.4, -0.2) is 65.4 Å². The molecule has 2 aliphatic heterocycles. The molecule has 2 aromatic rings. The van der Waals surface area contributed by atoms with Gasteiger partial charge in [-0.3, -0.25) is 9.39 Å². The number of nitrogens with one attached hydrogen (secondary N) is 1. The number of aromatic nitrogens is 3. The number of hydrogen-bond donors (Lipinski definition) is 1. The lowest BCUT2D eigenvalue weighted by atomic mass is 9.87. The van der Waals surface area contributed by atoms with Gasteiger partial charge in [-0.1, -0.05) is 6.07 Å². The summed E-state index contributed by atoms with van der Waals surface area (Å²) < 4.78 is 7.67. The van der Waals surface area contributed by atoms with Crippen LogP contribution in [0.3, 0.4) is 0 Å². The van der Waals surface area contributed by atoms with Gasteiger partial charge >= 0.3 is 0 Å². The summed E-state index contributed by atoms with van der Waals surface area (Å²) in [5.41, 5.74) is 1.26. The first-order valence-electron chi connectivity index (χ1n) is 9.12. The molecule has 0 saturated carbocycles. The molecular formula is C18H26N6O. The smallest absolute Gasteiger partial charge is 0.193 e. The quantitative estimate of drug-likeness (QED) is 0.516. The van der Waals surface area contributed by atoms with Gasteiger partial charge in [-0.2, -0.15) is 0 Å². The van der Waals surface area contributed by atoms with Crippen molar-refractivity contribution in [3.8, 4) is 0 Å². The van der Waals surface area contributed by atoms with Crippen LogP contribution in [0.2, 0.25) is 0 Å². The number of aryl methyl sites for hydroxylation is 1. The Morgan fingerprint density at radius 3 is 3.16 bits per heavy atom. The van der Waals surface area contributed by atoms with Crippen LogP contribution in [0, 0.1) is 5.41 Å². The van der Waals surface area contributed by atoms with Crippen molar-refractivity contribution in [3.05, 3.63) is 30.2 Å². The number of guanidine groups is 1. The maximum Gasteiger partial charge on any atom is 0.193 e. The van der Waals surface area contributed by atoms with Crippen molar-refractivity contribution in [2.75, 3.05) is 39.9 Å². The highest BCUT2D eigenvalue weighted by Crippen LogP contribution is 2.38. The van der Waals surface area contributed by atoms with Crippen molar-refractivity contribution in [2.24, 2.45) is 10.4 Å². The summed E-state index contributed by atoms with van der Waals surface area (Å²) in [6.45, 7) is 4.82. The van der Waals surface area contributed by atoms with Gasteiger partial charge in [0.15, 0.2) is 11.6 Å². The molecule has 0 amide bonds. The Morgan fingerprint density at radius 1 is 1.36 bits per heavy atom. The molecule has 7 nitrogen and oxygen atoms in total. The standard InChI is InChI=1S/C18H26N6O/c1-19-17(23-11-7-18(13-23)8-12-25-14-18)20-9-4-6-16-22-21-15-5-2-3-10-24(15)16/h2-3,5,10H,4,6-9,11-14H2,1H3,(H,19,20). The maximum atomic E-state index is 5.62. The lowest BCUT2D eigenvalue weighted by Gasteiger charge is -2.24. The van der Waals surface area contributed by atoms with Crippen molar-refractivity contribution in [1.29, 1.82) is 0 Å². The Bertz CT molecular complexity index is 749. The van der Waals surface area contributed by atoms with Crippen LogP contribution in [0.15, 0.2) is 29.4 Å². The zero-order valence-electron chi connectivity index (χ0n) is 14.8. The Labute approximate surface area is 148 Å². The van der Waals surface area contributed by atoms with Gasteiger partial charge in [-0.05, 0) is 31.4 Å². The van der Waals surface area contributed by atoms with Crippen molar-refractivity contribution in [2.45, 2.75) is 25.7 Å². The topological polar surface area (TPSA) is 67.0 Å². The van der Waals surface area contributed by atoms with Gasteiger partial charge in [0.05, 0.1) is 6.61 Å². The zero-order valence-corrected chi connectivity index (χ0v) is 14.8. The lowest BCUT2D eigenvalue weighted by Crippen LogP contribution is -2.41. The third-order valence-electron chi connectivity index (χ3n) is 5.38. The van der Waals surface area contributed by atoms with Gasteiger partial charge in [-0.25, -0.2) is 0 Å². The molecule has 0 aliphatic carbocycles. The molecule has 134 valence electrons. The third-order valence-corrected chi connectivity index (χ3v) is 5.38. The Kier molecular flexibility index (Phi) is 4.57. The highest BCUT2D eigenvalue weighted by Gasteiger charge is 2.42. The molecular weight excluding hydrogens is 316 g/mol. The minimum atomic E-state index is 0.359. The second kappa shape index (κ2) is 7.00. The van der Waals surface area contributed by atoms with Gasteiger partial charge in [0, 0.05) is 51.3 Å². The van der Waals surface area contributed by atoms with Crippen LogP contribution in [0.4, 0.5) is 0 Å². The molecule has 4 rings (SSSR count). The van der Waals surface area contributed by atoms with Crippen molar-refractivity contribution in [1.82, 2.24) is 24.8 Å². The first-order chi connectivity index (χ1) is 12.3. The Morgan fingerprint density at radius 2 is 2.32 bits per heavy atom. The first-order valence-corrected chi connectivity index (χ1v) is 9.12. The summed E-state index contributed by atoms with van der Waals surface area (Å²) in [4.78, 5) is 6.84. The van der Waals surface area contributed by atoms with E-state index >= 15 is 0 Å². The largest absolute Gasteiger partial charge is 0.381 e. The highest BCUT2D eigenvalue weighted by atomic mass is 16.5. The predicted octanol–water partition coefficient (Wildman–Crippen LogP) is 1.35. The van der Waals surface area contributed by atoms with E-state index in [4.69, 9.17) is 4.74 Å². The minimum absolute atomic E-state index is 0.359. The Hall–Kier alpha value is -2.15. The molecule has 2 saturated heterocycles. The van der Waals surface area contributed by atoms with Crippen LogP contribution in [0.5, 0.6) is 0 Å². The average molecular weight is 342 g/mol. The van der Waals surface area contributed by atoms with E-state index in [1.54, 1.807) is 0 Å². The van der Waals surface area contributed by atoms with Gasteiger partial charge in [0.2, 0.25) is 0 Å². The fraction of sp³-hybridized carbons (Fsp3) is 0.611. The molecule has 2 aromatic heterocycles. The molecule has 0 bridgehead atoms. The van der Waals surface area contributed by atoms with Gasteiger partial charge in [0.1, 0.15) is 5.82 Å². The molecule has 4 heterocycles. The number of pyridine rings is 1. The maximum absolute atomic E-state index is 5.62. The molecule has 2 aliphatic rings. The fourth-order valence-electron chi connectivity index (χ4n) is 3.93. The predicted molar refractivity (Wildman–Crippen MR) is 96.7 cm³/mol. The monoisotopic (exact) mass is 342 g/mol. The van der Waals surface area contributed by atoms with E-state index < -0.39 is 0 Å². The highest BCUT2D eigenvalue weighted by molar-refractivity contribution is 5.80. The van der Waals surface area contributed by atoms with Gasteiger partial charge in [0.25, 0.3) is 0 Å². The van der Waals surface area contributed by atoms with Crippen LogP contribution < -0.4 is 5.32 Å². The lowest BCUT2D eigenvalue weighted by molar-refractivity contribution is 0.156. The molecule has 1 spiro atoms. The molecule has 1 N–H and O–H groups in total. The zero-order chi connectivity index (χ0) is 17.1. The van der Waals surface area contributed by atoms with E-state index in [9.17, 15) is 0 Å². The molecule has 1 unspecified atom stereocenters. The molecule has 0 radical (unpaired) electrons. The van der Waals surface area contributed by atoms with Crippen molar-refractivity contribution < 1.29 is 4.74 Å². The number of aliphatic imine (C=N–C) groups is 1. The van der Waals surface area contributed by atoms with E-state index in [2.05, 4.69) is 29.8 Å². The van der Waals surface area contributed by atoms with Crippen LogP contribution >= 0.6 is 0 Å². The Balaban J connectivity index is 1.27. The first kappa shape index (κ1) is 16.3. The van der Waals surface area contributed by atoms with E-state index in [1.807, 2.05) is 31.4 Å². The van der Waals surface area contributed by atoms with E-state index in [1.165, 1.54) is 12.8 Å². The third kappa shape index (κ3) is 3.33. The van der Waals surface area contributed by atoms with E-state index in [0.717, 1.165) is 63.1 Å². The average Bonchev–Trinajstić information content (AvgIpc) is 3.37. The van der Waals surface area contributed by atoms with E-state index in [-0.39, 0.29) is 0 Å². The van der Waals surface area contributed by atoms with Crippen molar-refractivity contribution in [3.63, 3.8) is 0 Å². The summed E-state index contributed by atoms with van der Waals surface area (Å²) in [5.74, 6) is 2.02. The molecule has 25 heavy (non-hydrogen) atoms. The summed E-state index contributed by atoms with van der Waals surface area (Å²) in [6.07, 6.45) is 6.30. The number of hydrogen-bond acceptors (Lipinski definition) is 4. The van der Waals surface area contributed by atoms with Gasteiger partial charge in [-0.15, -0.1) is 10.2 Å². The van der Waals surface area contributed by atoms with Gasteiger partial charge < -0.3 is 15.0 Å². The fourth-order valence-corrected chi connectivity index (χ4v) is 3.93. The summed E-state index contributed by atoms with van der Waals surface area (Å²) >= 11 is 0. The van der Waals surface area contributed by atoms with Crippen molar-refractivity contribution >= 4 is 11.6 Å². The van der Waals surface area contributed by atoms with Crippen LogP contribution in [0.1, 0.15) is 25.1 Å². The number of likely N-dealkylation sites (tertiary alicyclic amines) is 1. The summed E-state index contributed by atoms with van der Waals surface area (Å²) in [7, 11) is 1.87. The number of ether oxygens (including phenoxy) is 1. The SMILES string of the molecule is CN=C(NCCCc1nnc2ccccn12)N1CCC2(CCOC2)C1. The number of fused-ring (bicyclic) bond motifs is 1. The van der Waals surface area contributed by atoms with Crippen LogP contribution in [-0.2, 0) is 11.2 Å². The minimum Gasteiger partial charge on any atom is -0.381 e. The summed E-state index contributed by atoms with van der Waals surface area (Å²) in [6, 6.07) is 5.97. The second-order valence-electron chi connectivity index (χ2n) is 7.10. The van der Waals surface area contributed by atoms with E-state index in [0.29, 0.717) is 5.41 Å².